The van der Waals surface area contributed by atoms with Crippen molar-refractivity contribution < 1.29 is 5.21 Å². The molecule has 2 unspecified atom stereocenters. The highest BCUT2D eigenvalue weighted by molar-refractivity contribution is 6.31. The monoisotopic (exact) mass is 281 g/mol. The molecule has 1 aliphatic heterocycles. The van der Waals surface area contributed by atoms with Crippen molar-refractivity contribution in [2.24, 2.45) is 16.8 Å². The van der Waals surface area contributed by atoms with Gasteiger partial charge in [0, 0.05) is 28.9 Å². The van der Waals surface area contributed by atoms with Gasteiger partial charge in [0.1, 0.15) is 0 Å². The van der Waals surface area contributed by atoms with E-state index in [1.165, 1.54) is 6.42 Å². The topological polar surface area (TPSA) is 61.8 Å². The van der Waals surface area contributed by atoms with E-state index in [9.17, 15) is 0 Å². The molecular weight excluding hydrogens is 262 g/mol. The van der Waals surface area contributed by atoms with Crippen LogP contribution in [0, 0.1) is 5.92 Å². The third-order valence-electron chi connectivity index (χ3n) is 4.03. The molecule has 5 heteroatoms. The maximum atomic E-state index is 8.91. The number of anilines is 1. The zero-order valence-corrected chi connectivity index (χ0v) is 12.1. The highest BCUT2D eigenvalue weighted by Crippen LogP contribution is 2.32. The summed E-state index contributed by atoms with van der Waals surface area (Å²) >= 11 is 6.10. The Morgan fingerprint density at radius 3 is 2.89 bits per heavy atom. The first-order valence-electron chi connectivity index (χ1n) is 6.58. The van der Waals surface area contributed by atoms with Crippen LogP contribution in [0.1, 0.15) is 32.3 Å². The van der Waals surface area contributed by atoms with E-state index in [4.69, 9.17) is 22.5 Å². The summed E-state index contributed by atoms with van der Waals surface area (Å²) in [5, 5.41) is 12.7. The minimum absolute atomic E-state index is 0.122. The molecule has 2 rings (SSSR count). The van der Waals surface area contributed by atoms with Gasteiger partial charge in [0.25, 0.3) is 0 Å². The van der Waals surface area contributed by atoms with Crippen LogP contribution in [0.3, 0.4) is 0 Å². The normalized spacial score (nSPS) is 24.6. The fourth-order valence-electron chi connectivity index (χ4n) is 2.69. The zero-order chi connectivity index (χ0) is 14.0. The summed E-state index contributed by atoms with van der Waals surface area (Å²) in [5.74, 6) is 0.741. The fraction of sp³-hybridized carbons (Fsp3) is 0.500. The molecule has 1 aromatic rings. The summed E-state index contributed by atoms with van der Waals surface area (Å²) in [6, 6.07) is 5.87. The Morgan fingerprint density at radius 1 is 1.47 bits per heavy atom. The van der Waals surface area contributed by atoms with Crippen LogP contribution in [0.5, 0.6) is 0 Å². The predicted molar refractivity (Wildman–Crippen MR) is 79.2 cm³/mol. The number of amidine groups is 1. The molecule has 1 aromatic carbocycles. The van der Waals surface area contributed by atoms with Crippen LogP contribution in [-0.4, -0.2) is 23.6 Å². The third kappa shape index (κ3) is 2.78. The lowest BCUT2D eigenvalue weighted by molar-refractivity contribution is 0.318. The average molecular weight is 282 g/mol. The summed E-state index contributed by atoms with van der Waals surface area (Å²) in [6.45, 7) is 5.43. The number of nitrogens with two attached hydrogens (primary N) is 1. The van der Waals surface area contributed by atoms with Gasteiger partial charge in [-0.3, -0.25) is 0 Å². The van der Waals surface area contributed by atoms with Crippen molar-refractivity contribution in [1.82, 2.24) is 0 Å². The number of benzene rings is 1. The van der Waals surface area contributed by atoms with Gasteiger partial charge in [-0.25, -0.2) is 0 Å². The van der Waals surface area contributed by atoms with Gasteiger partial charge in [0.2, 0.25) is 0 Å². The van der Waals surface area contributed by atoms with E-state index in [1.807, 2.05) is 6.07 Å². The molecule has 0 amide bonds. The Bertz CT molecular complexity index is 490. The summed E-state index contributed by atoms with van der Waals surface area (Å²) in [5.41, 5.74) is 7.44. The minimum Gasteiger partial charge on any atom is -0.409 e. The number of halogens is 1. The van der Waals surface area contributed by atoms with Crippen molar-refractivity contribution in [2.45, 2.75) is 32.7 Å². The Morgan fingerprint density at radius 2 is 2.21 bits per heavy atom. The molecular formula is C14H20ClN3O. The Kier molecular flexibility index (Phi) is 4.20. The second kappa shape index (κ2) is 5.70. The van der Waals surface area contributed by atoms with Gasteiger partial charge in [0.05, 0.1) is 0 Å². The second-order valence-corrected chi connectivity index (χ2v) is 5.64. The van der Waals surface area contributed by atoms with Gasteiger partial charge in [-0.2, -0.15) is 0 Å². The van der Waals surface area contributed by atoms with Gasteiger partial charge in [-0.15, -0.1) is 0 Å². The molecule has 1 aliphatic rings. The molecule has 4 nitrogen and oxygen atoms in total. The minimum atomic E-state index is 0.122. The highest BCUT2D eigenvalue weighted by atomic mass is 35.5. The van der Waals surface area contributed by atoms with E-state index < -0.39 is 0 Å². The lowest BCUT2D eigenvalue weighted by Crippen LogP contribution is -2.43. The van der Waals surface area contributed by atoms with E-state index in [-0.39, 0.29) is 5.84 Å². The van der Waals surface area contributed by atoms with Crippen LogP contribution < -0.4 is 10.6 Å². The molecule has 0 aliphatic carbocycles. The molecule has 2 atom stereocenters. The first-order chi connectivity index (χ1) is 9.04. The van der Waals surface area contributed by atoms with Crippen molar-refractivity contribution in [3.05, 3.63) is 28.8 Å². The van der Waals surface area contributed by atoms with E-state index in [1.54, 1.807) is 12.1 Å². The molecule has 19 heavy (non-hydrogen) atoms. The average Bonchev–Trinajstić information content (AvgIpc) is 2.41. The summed E-state index contributed by atoms with van der Waals surface area (Å²) in [6.07, 6.45) is 2.38. The van der Waals surface area contributed by atoms with Gasteiger partial charge >= 0.3 is 0 Å². The van der Waals surface area contributed by atoms with Crippen molar-refractivity contribution in [3.8, 4) is 0 Å². The lowest BCUT2D eigenvalue weighted by Gasteiger charge is -2.40. The molecule has 0 saturated carbocycles. The SMILES string of the molecule is CC1CCCN(c2cc(Cl)ccc2C(N)=NO)C1C. The molecule has 3 N–H and O–H groups in total. The predicted octanol–water partition coefficient (Wildman–Crippen LogP) is 3.06. The second-order valence-electron chi connectivity index (χ2n) is 5.20. The maximum absolute atomic E-state index is 8.91. The molecule has 1 heterocycles. The quantitative estimate of drug-likeness (QED) is 0.379. The van der Waals surface area contributed by atoms with E-state index in [0.717, 1.165) is 24.2 Å². The standard InChI is InChI=1S/C14H20ClN3O/c1-9-4-3-7-18(10(9)2)13-8-11(15)5-6-12(13)14(16)17-19/h5-6,8-10,19H,3-4,7H2,1-2H3,(H2,16,17). The van der Waals surface area contributed by atoms with Gasteiger partial charge in [-0.05, 0) is 43.9 Å². The van der Waals surface area contributed by atoms with Crippen molar-refractivity contribution in [3.63, 3.8) is 0 Å². The van der Waals surface area contributed by atoms with Crippen molar-refractivity contribution >= 4 is 23.1 Å². The molecule has 0 bridgehead atoms. The number of piperidine rings is 1. The van der Waals surface area contributed by atoms with Crippen LogP contribution in [0.4, 0.5) is 5.69 Å². The fourth-order valence-corrected chi connectivity index (χ4v) is 2.85. The Hall–Kier alpha value is -1.42. The van der Waals surface area contributed by atoms with Gasteiger partial charge in [-0.1, -0.05) is 23.7 Å². The summed E-state index contributed by atoms with van der Waals surface area (Å²) < 4.78 is 0. The Balaban J connectivity index is 2.45. The van der Waals surface area contributed by atoms with E-state index >= 15 is 0 Å². The third-order valence-corrected chi connectivity index (χ3v) is 4.26. The largest absolute Gasteiger partial charge is 0.409 e. The Labute approximate surface area is 118 Å². The lowest BCUT2D eigenvalue weighted by atomic mass is 9.91. The van der Waals surface area contributed by atoms with Crippen LogP contribution >= 0.6 is 11.6 Å². The molecule has 0 radical (unpaired) electrons. The van der Waals surface area contributed by atoms with Crippen LogP contribution in [-0.2, 0) is 0 Å². The van der Waals surface area contributed by atoms with Crippen molar-refractivity contribution in [1.29, 1.82) is 0 Å². The van der Waals surface area contributed by atoms with Gasteiger partial charge in [0.15, 0.2) is 5.84 Å². The summed E-state index contributed by atoms with van der Waals surface area (Å²) in [7, 11) is 0. The molecule has 0 spiro atoms. The molecule has 104 valence electrons. The zero-order valence-electron chi connectivity index (χ0n) is 11.3. The maximum Gasteiger partial charge on any atom is 0.172 e. The number of hydrogen-bond donors (Lipinski definition) is 2. The number of hydrogen-bond acceptors (Lipinski definition) is 3. The summed E-state index contributed by atoms with van der Waals surface area (Å²) in [4.78, 5) is 2.30. The van der Waals surface area contributed by atoms with Crippen LogP contribution in [0.15, 0.2) is 23.4 Å². The highest BCUT2D eigenvalue weighted by Gasteiger charge is 2.27. The number of nitrogens with zero attached hydrogens (tertiary/aromatic N) is 2. The van der Waals surface area contributed by atoms with E-state index in [2.05, 4.69) is 23.9 Å². The molecule has 0 aromatic heterocycles. The van der Waals surface area contributed by atoms with Gasteiger partial charge < -0.3 is 15.8 Å². The molecule has 1 saturated heterocycles. The van der Waals surface area contributed by atoms with Crippen LogP contribution in [0.25, 0.3) is 0 Å². The number of rotatable bonds is 2. The first kappa shape index (κ1) is 14.0. The van der Waals surface area contributed by atoms with E-state index in [0.29, 0.717) is 17.0 Å². The number of oxime groups is 1. The first-order valence-corrected chi connectivity index (χ1v) is 6.96. The van der Waals surface area contributed by atoms with Crippen LogP contribution in [0.2, 0.25) is 5.02 Å². The van der Waals surface area contributed by atoms with Crippen molar-refractivity contribution in [2.75, 3.05) is 11.4 Å². The smallest absolute Gasteiger partial charge is 0.172 e. The molecule has 1 fully saturated rings.